The molecular formula is C3H5BNO2S. The van der Waals surface area contributed by atoms with Gasteiger partial charge in [-0.05, 0) is 0 Å². The predicted octanol–water partition coefficient (Wildman–Crippen LogP) is -0.352. The second kappa shape index (κ2) is 6.61. The Morgan fingerprint density at radius 1 is 1.50 bits per heavy atom. The molecule has 0 saturated carbocycles. The fourth-order valence-corrected chi connectivity index (χ4v) is 0.527. The third-order valence-electron chi connectivity index (χ3n) is 0.347. The van der Waals surface area contributed by atoms with Gasteiger partial charge in [0.2, 0.25) is 0 Å². The fourth-order valence-electron chi connectivity index (χ4n) is 0.176. The Balaban J connectivity index is 0.000000145. The van der Waals surface area contributed by atoms with E-state index in [1.807, 2.05) is 5.38 Å². The highest BCUT2D eigenvalue weighted by atomic mass is 32.1. The zero-order valence-corrected chi connectivity index (χ0v) is 4.88. The van der Waals surface area contributed by atoms with Gasteiger partial charge in [-0.3, -0.25) is 4.98 Å². The van der Waals surface area contributed by atoms with E-state index in [-0.39, 0.29) is 7.69 Å². The van der Waals surface area contributed by atoms with Gasteiger partial charge in [0.15, 0.2) is 0 Å². The Morgan fingerprint density at radius 3 is 2.25 bits per heavy atom. The van der Waals surface area contributed by atoms with Crippen molar-refractivity contribution >= 4 is 19.0 Å². The van der Waals surface area contributed by atoms with Gasteiger partial charge in [-0.2, -0.15) is 0 Å². The second-order valence-electron chi connectivity index (χ2n) is 0.791. The summed E-state index contributed by atoms with van der Waals surface area (Å²) < 4.78 is 0. The molecule has 8 heavy (non-hydrogen) atoms. The summed E-state index contributed by atoms with van der Waals surface area (Å²) in [7, 11) is 0. The third kappa shape index (κ3) is 5.61. The second-order valence-corrected chi connectivity index (χ2v) is 1.55. The maximum Gasteiger partial charge on any atom is 0.482 e. The Morgan fingerprint density at radius 2 is 2.12 bits per heavy atom. The summed E-state index contributed by atoms with van der Waals surface area (Å²) in [5.74, 6) is 0. The van der Waals surface area contributed by atoms with Crippen LogP contribution in [-0.2, 0) is 0 Å². The van der Waals surface area contributed by atoms with E-state index < -0.39 is 0 Å². The van der Waals surface area contributed by atoms with Crippen LogP contribution in [0.25, 0.3) is 0 Å². The van der Waals surface area contributed by atoms with Gasteiger partial charge in [0.05, 0.1) is 5.51 Å². The van der Waals surface area contributed by atoms with E-state index in [1.165, 1.54) is 0 Å². The number of hydrogen-bond donors (Lipinski definition) is 2. The Hall–Kier alpha value is -0.385. The van der Waals surface area contributed by atoms with Crippen LogP contribution < -0.4 is 0 Å². The standard InChI is InChI=1S/C3H3NS.BH2O2/c1-2-5-3-4-1;2-1-3/h1-3H;2-3H. The lowest BCUT2D eigenvalue weighted by atomic mass is 10.5. The number of nitrogens with zero attached hydrogens (tertiary/aromatic N) is 1. The molecule has 0 amide bonds. The highest BCUT2D eigenvalue weighted by molar-refractivity contribution is 7.07. The molecule has 1 aromatic heterocycles. The molecule has 2 N–H and O–H groups in total. The van der Waals surface area contributed by atoms with Crippen LogP contribution in [0.4, 0.5) is 0 Å². The molecule has 0 aliphatic rings. The lowest BCUT2D eigenvalue weighted by molar-refractivity contribution is 0.448. The van der Waals surface area contributed by atoms with Gasteiger partial charge < -0.3 is 10.0 Å². The molecule has 0 spiro atoms. The van der Waals surface area contributed by atoms with E-state index in [0.29, 0.717) is 0 Å². The van der Waals surface area contributed by atoms with Crippen molar-refractivity contribution in [1.82, 2.24) is 4.98 Å². The molecule has 3 nitrogen and oxygen atoms in total. The minimum Gasteiger partial charge on any atom is -0.429 e. The van der Waals surface area contributed by atoms with E-state index in [1.54, 1.807) is 23.0 Å². The molecule has 0 aliphatic carbocycles. The number of thiazole rings is 1. The first kappa shape index (κ1) is 7.61. The van der Waals surface area contributed by atoms with Crippen LogP contribution in [0.2, 0.25) is 0 Å². The highest BCUT2D eigenvalue weighted by Gasteiger charge is 1.59. The lowest BCUT2D eigenvalue weighted by Crippen LogP contribution is -1.75. The number of hydrogen-bond acceptors (Lipinski definition) is 4. The van der Waals surface area contributed by atoms with Crippen LogP contribution in [-0.4, -0.2) is 22.7 Å². The average molecular weight is 130 g/mol. The molecule has 5 heteroatoms. The van der Waals surface area contributed by atoms with Crippen LogP contribution in [0.3, 0.4) is 0 Å². The molecular weight excluding hydrogens is 125 g/mol. The lowest BCUT2D eigenvalue weighted by Gasteiger charge is -1.46. The Bertz CT molecular complexity index is 84.2. The topological polar surface area (TPSA) is 53.4 Å². The molecule has 1 radical (unpaired) electrons. The van der Waals surface area contributed by atoms with Crippen molar-refractivity contribution in [2.24, 2.45) is 0 Å². The fraction of sp³-hybridized carbons (Fsp3) is 0. The van der Waals surface area contributed by atoms with Crippen molar-refractivity contribution in [3.8, 4) is 0 Å². The van der Waals surface area contributed by atoms with E-state index in [0.717, 1.165) is 0 Å². The third-order valence-corrected chi connectivity index (χ3v) is 0.869. The van der Waals surface area contributed by atoms with Crippen LogP contribution in [0.1, 0.15) is 0 Å². The van der Waals surface area contributed by atoms with E-state index in [4.69, 9.17) is 10.0 Å². The van der Waals surface area contributed by atoms with Crippen molar-refractivity contribution in [3.63, 3.8) is 0 Å². The van der Waals surface area contributed by atoms with Gasteiger partial charge in [-0.1, -0.05) is 0 Å². The van der Waals surface area contributed by atoms with Gasteiger partial charge in [0.1, 0.15) is 0 Å². The molecule has 43 valence electrons. The maximum atomic E-state index is 7.00. The first-order valence-corrected chi connectivity index (χ1v) is 2.78. The Labute approximate surface area is 51.9 Å². The summed E-state index contributed by atoms with van der Waals surface area (Å²) in [6.45, 7) is 0. The monoisotopic (exact) mass is 130 g/mol. The molecule has 0 unspecified atom stereocenters. The first-order valence-electron chi connectivity index (χ1n) is 1.84. The number of aromatic nitrogens is 1. The van der Waals surface area contributed by atoms with Crippen molar-refractivity contribution in [1.29, 1.82) is 0 Å². The van der Waals surface area contributed by atoms with Crippen LogP contribution in [0.5, 0.6) is 0 Å². The van der Waals surface area contributed by atoms with Gasteiger partial charge in [0, 0.05) is 11.6 Å². The van der Waals surface area contributed by atoms with Gasteiger partial charge in [-0.15, -0.1) is 11.3 Å². The average Bonchev–Trinajstić information content (AvgIpc) is 2.17. The van der Waals surface area contributed by atoms with Gasteiger partial charge in [0.25, 0.3) is 0 Å². The summed E-state index contributed by atoms with van der Waals surface area (Å²) in [6, 6.07) is 0. The van der Waals surface area contributed by atoms with E-state index in [9.17, 15) is 0 Å². The molecule has 0 saturated heterocycles. The molecule has 1 aromatic rings. The minimum atomic E-state index is 0. The quantitative estimate of drug-likeness (QED) is 0.472. The normalized spacial score (nSPS) is 6.75. The summed E-state index contributed by atoms with van der Waals surface area (Å²) in [6.07, 6.45) is 1.77. The van der Waals surface area contributed by atoms with Crippen LogP contribution in [0, 0.1) is 0 Å². The van der Waals surface area contributed by atoms with Crippen molar-refractivity contribution in [2.45, 2.75) is 0 Å². The van der Waals surface area contributed by atoms with E-state index in [2.05, 4.69) is 4.98 Å². The molecule has 0 fully saturated rings. The largest absolute Gasteiger partial charge is 0.482 e. The SMILES string of the molecule is O[B]O.c1cscn1. The van der Waals surface area contributed by atoms with Crippen molar-refractivity contribution < 1.29 is 10.0 Å². The zero-order chi connectivity index (χ0) is 6.24. The minimum absolute atomic E-state index is 0. The van der Waals surface area contributed by atoms with Crippen LogP contribution in [0.15, 0.2) is 17.1 Å². The highest BCUT2D eigenvalue weighted by Crippen LogP contribution is 1.85. The summed E-state index contributed by atoms with van der Waals surface area (Å²) >= 11 is 1.60. The van der Waals surface area contributed by atoms with E-state index >= 15 is 0 Å². The van der Waals surface area contributed by atoms with Crippen LogP contribution >= 0.6 is 11.3 Å². The molecule has 0 atom stereocenters. The summed E-state index contributed by atoms with van der Waals surface area (Å²) in [4.78, 5) is 3.74. The zero-order valence-electron chi connectivity index (χ0n) is 4.06. The van der Waals surface area contributed by atoms with Gasteiger partial charge >= 0.3 is 7.69 Å². The smallest absolute Gasteiger partial charge is 0.429 e. The van der Waals surface area contributed by atoms with Gasteiger partial charge in [-0.25, -0.2) is 0 Å². The summed E-state index contributed by atoms with van der Waals surface area (Å²) in [5, 5.41) is 15.9. The summed E-state index contributed by atoms with van der Waals surface area (Å²) in [5.41, 5.74) is 1.79. The molecule has 0 aliphatic heterocycles. The van der Waals surface area contributed by atoms with Crippen molar-refractivity contribution in [3.05, 3.63) is 17.1 Å². The van der Waals surface area contributed by atoms with Crippen molar-refractivity contribution in [2.75, 3.05) is 0 Å². The maximum absolute atomic E-state index is 7.00. The predicted molar refractivity (Wildman–Crippen MR) is 32.3 cm³/mol. The number of rotatable bonds is 0. The Kier molecular flexibility index (Phi) is 6.30. The molecule has 1 rings (SSSR count). The first-order chi connectivity index (χ1) is 3.91. The molecule has 0 aromatic carbocycles. The molecule has 0 bridgehead atoms. The molecule has 1 heterocycles.